The van der Waals surface area contributed by atoms with Crippen LogP contribution in [0.25, 0.3) is 0 Å². The lowest BCUT2D eigenvalue weighted by Gasteiger charge is -2.72. The number of aliphatic hydroxyl groups excluding tert-OH is 9. The molecule has 0 bridgehead atoms. The smallest absolute Gasteiger partial charge is 0.335 e. The highest BCUT2D eigenvalue weighted by Gasteiger charge is 2.70. The molecule has 10 N–H and O–H groups in total. The highest BCUT2D eigenvalue weighted by molar-refractivity contribution is 5.73. The second kappa shape index (κ2) is 16.9. The van der Waals surface area contributed by atoms with Crippen LogP contribution >= 0.6 is 0 Å². The minimum atomic E-state index is -2.01. The zero-order chi connectivity index (χ0) is 46.9. The Morgan fingerprint density at radius 2 is 1.38 bits per heavy atom. The van der Waals surface area contributed by atoms with Gasteiger partial charge in [0.15, 0.2) is 25.0 Å². The maximum absolute atomic E-state index is 12.4. The van der Waals surface area contributed by atoms with Gasteiger partial charge in [0.05, 0.1) is 31.5 Å². The maximum Gasteiger partial charge on any atom is 0.335 e. The fourth-order valence-corrected chi connectivity index (χ4v) is 14.8. The van der Waals surface area contributed by atoms with Crippen LogP contribution in [0.3, 0.4) is 0 Å². The summed E-state index contributed by atoms with van der Waals surface area (Å²) < 4.78 is 36.1. The average molecular weight is 913 g/mol. The molecule has 0 aromatic carbocycles. The summed E-state index contributed by atoms with van der Waals surface area (Å²) in [5.41, 5.74) is 0.0929. The number of allylic oxidation sites excluding steroid dienone is 2. The summed E-state index contributed by atoms with van der Waals surface area (Å²) in [7, 11) is 0. The highest BCUT2D eigenvalue weighted by atomic mass is 16.8. The number of carboxylic acid groups (broad SMARTS) is 1. The van der Waals surface area contributed by atoms with Gasteiger partial charge in [-0.25, -0.2) is 4.79 Å². The first-order valence-electron chi connectivity index (χ1n) is 23.7. The van der Waals surface area contributed by atoms with Crippen LogP contribution in [0.2, 0.25) is 0 Å². The zero-order valence-electron chi connectivity index (χ0n) is 38.7. The minimum Gasteiger partial charge on any atom is -0.479 e. The lowest BCUT2D eigenvalue weighted by atomic mass is 9.33. The second-order valence-electron chi connectivity index (χ2n) is 23.2. The molecule has 8 rings (SSSR count). The van der Waals surface area contributed by atoms with Gasteiger partial charge in [-0.2, -0.15) is 0 Å². The number of fused-ring (bicyclic) bond motifs is 7. The Morgan fingerprint density at radius 3 is 2.05 bits per heavy atom. The van der Waals surface area contributed by atoms with Crippen LogP contribution in [0.5, 0.6) is 0 Å². The van der Waals surface area contributed by atoms with E-state index in [1.54, 1.807) is 0 Å². The highest BCUT2D eigenvalue weighted by Crippen LogP contribution is 2.76. The van der Waals surface area contributed by atoms with Crippen LogP contribution < -0.4 is 0 Å². The molecule has 5 aliphatic carbocycles. The Balaban J connectivity index is 1.06. The molecule has 0 amide bonds. The Hall–Kier alpha value is -1.39. The van der Waals surface area contributed by atoms with E-state index in [1.165, 1.54) is 12.5 Å². The molecule has 8 aliphatic rings. The number of carbonyl (C=O) groups is 1. The molecule has 0 aromatic heterocycles. The van der Waals surface area contributed by atoms with E-state index in [4.69, 9.17) is 28.4 Å². The SMILES string of the molecule is C[C@@H]1O[C@@H](O[C@H]2[C@H](O[C@H]3[C@H](OC4CCC5(C)C6CC=C7C8CC(C)(C)CC(O)C8(C)CC[C@@]7(C)C6(C)CC[C@H]5[C@@]4(C)CO)O[C@H](C(=O)O)[C@@H](O)[C@@H]3O)OC[C@H](O)[C@@H]2O)[C@H](O)[C@H](O)[C@H]1O. The van der Waals surface area contributed by atoms with Crippen molar-refractivity contribution in [2.75, 3.05) is 13.2 Å². The van der Waals surface area contributed by atoms with Crippen LogP contribution in [0.4, 0.5) is 0 Å². The average Bonchev–Trinajstić information content (AvgIpc) is 3.22. The van der Waals surface area contributed by atoms with Crippen molar-refractivity contribution < 1.29 is 84.3 Å². The van der Waals surface area contributed by atoms with Gasteiger partial charge < -0.3 is 79.5 Å². The van der Waals surface area contributed by atoms with Crippen molar-refractivity contribution in [2.45, 2.75) is 211 Å². The maximum atomic E-state index is 12.4. The predicted molar refractivity (Wildman–Crippen MR) is 225 cm³/mol. The predicted octanol–water partition coefficient (Wildman–Crippen LogP) is 1.34. The molecule has 0 radical (unpaired) electrons. The van der Waals surface area contributed by atoms with E-state index in [0.29, 0.717) is 18.8 Å². The van der Waals surface area contributed by atoms with Crippen LogP contribution in [-0.2, 0) is 33.2 Å². The van der Waals surface area contributed by atoms with Crippen LogP contribution in [0.1, 0.15) is 113 Å². The first-order valence-corrected chi connectivity index (χ1v) is 23.7. The number of aliphatic carboxylic acids is 1. The summed E-state index contributed by atoms with van der Waals surface area (Å²) in [6.07, 6.45) is -14.5. The number of carboxylic acids is 1. The summed E-state index contributed by atoms with van der Waals surface area (Å²) in [5.74, 6) is -1.05. The molecule has 0 spiro atoms. The van der Waals surface area contributed by atoms with E-state index in [-0.39, 0.29) is 51.6 Å². The van der Waals surface area contributed by atoms with Gasteiger partial charge in [0.1, 0.15) is 54.9 Å². The molecule has 0 aromatic rings. The first-order chi connectivity index (χ1) is 29.8. The largest absolute Gasteiger partial charge is 0.479 e. The minimum absolute atomic E-state index is 0.0286. The fourth-order valence-electron chi connectivity index (χ4n) is 14.8. The fraction of sp³-hybridized carbons (Fsp3) is 0.936. The third-order valence-corrected chi connectivity index (χ3v) is 19.1. The van der Waals surface area contributed by atoms with Gasteiger partial charge in [0.2, 0.25) is 0 Å². The number of aliphatic hydroxyl groups is 9. The van der Waals surface area contributed by atoms with E-state index >= 15 is 0 Å². The van der Waals surface area contributed by atoms with Gasteiger partial charge in [-0.1, -0.05) is 60.1 Å². The summed E-state index contributed by atoms with van der Waals surface area (Å²) >= 11 is 0. The second-order valence-corrected chi connectivity index (χ2v) is 23.2. The van der Waals surface area contributed by atoms with Gasteiger partial charge in [-0.05, 0) is 104 Å². The lowest BCUT2D eigenvalue weighted by Crippen LogP contribution is -2.68. The van der Waals surface area contributed by atoms with E-state index < -0.39 is 110 Å². The summed E-state index contributed by atoms with van der Waals surface area (Å²) in [6, 6.07) is 0. The number of hydrogen-bond acceptors (Lipinski definition) is 16. The van der Waals surface area contributed by atoms with Gasteiger partial charge in [0.25, 0.3) is 0 Å². The molecule has 4 saturated carbocycles. The quantitative estimate of drug-likeness (QED) is 0.122. The Labute approximate surface area is 376 Å². The molecule has 7 fully saturated rings. The lowest BCUT2D eigenvalue weighted by molar-refractivity contribution is -0.387. The van der Waals surface area contributed by atoms with Crippen molar-refractivity contribution in [2.24, 2.45) is 50.2 Å². The molecular weight excluding hydrogens is 837 g/mol. The van der Waals surface area contributed by atoms with E-state index in [9.17, 15) is 55.9 Å². The summed E-state index contributed by atoms with van der Waals surface area (Å²) in [5, 5.41) is 109. The first kappa shape index (κ1) is 49.0. The molecular formula is C47H76O17. The third kappa shape index (κ3) is 7.49. The molecule has 24 atom stereocenters. The van der Waals surface area contributed by atoms with Crippen LogP contribution in [-0.4, -0.2) is 168 Å². The standard InChI is InChI=1S/C47H76O17/c1-21-29(51)31(53)34(56)39(60-21)63-36-30(52)24(49)19-59-40(36)64-37-33(55)32(54)35(38(57)58)62-41(37)61-28-12-13-44(5)25(45(28,6)20-48)11-14-47(8)26(44)10-9-22-23-17-42(2,3)18-27(50)43(23,4)15-16-46(22,47)7/h9,21,23-37,39-41,48-56H,10-20H2,1-8H3,(H,57,58)/t21-,23?,24-,25+,26?,27?,28?,29-,30-,31+,32-,33-,34+,35-,36+,37+,39-,40-,41+,43?,44?,45+,46+,47?/m0/s1. The van der Waals surface area contributed by atoms with Gasteiger partial charge in [-0.15, -0.1) is 0 Å². The van der Waals surface area contributed by atoms with E-state index in [1.807, 2.05) is 6.92 Å². The summed E-state index contributed by atoms with van der Waals surface area (Å²) in [4.78, 5) is 12.4. The van der Waals surface area contributed by atoms with Crippen molar-refractivity contribution in [3.63, 3.8) is 0 Å². The van der Waals surface area contributed by atoms with Crippen molar-refractivity contribution in [1.29, 1.82) is 0 Å². The Morgan fingerprint density at radius 1 is 0.703 bits per heavy atom. The third-order valence-electron chi connectivity index (χ3n) is 19.1. The van der Waals surface area contributed by atoms with E-state index in [0.717, 1.165) is 44.9 Å². The van der Waals surface area contributed by atoms with Gasteiger partial charge in [0, 0.05) is 10.8 Å². The topological polar surface area (TPSA) is 275 Å². The molecule has 3 saturated heterocycles. The van der Waals surface area contributed by atoms with Gasteiger partial charge >= 0.3 is 5.97 Å². The number of rotatable bonds is 8. The number of hydrogen-bond donors (Lipinski definition) is 10. The molecule has 17 heteroatoms. The van der Waals surface area contributed by atoms with Crippen molar-refractivity contribution in [3.05, 3.63) is 11.6 Å². The normalized spacial score (nSPS) is 56.1. The molecule has 17 nitrogen and oxygen atoms in total. The van der Waals surface area contributed by atoms with E-state index in [2.05, 4.69) is 47.6 Å². The monoisotopic (exact) mass is 913 g/mol. The van der Waals surface area contributed by atoms with Crippen molar-refractivity contribution in [1.82, 2.24) is 0 Å². The molecule has 366 valence electrons. The molecule has 3 heterocycles. The van der Waals surface area contributed by atoms with Crippen molar-refractivity contribution in [3.8, 4) is 0 Å². The summed E-state index contributed by atoms with van der Waals surface area (Å²) in [6.45, 7) is 16.8. The molecule has 3 aliphatic heterocycles. The molecule has 64 heavy (non-hydrogen) atoms. The molecule has 7 unspecified atom stereocenters. The van der Waals surface area contributed by atoms with Crippen LogP contribution in [0, 0.1) is 50.2 Å². The Kier molecular flexibility index (Phi) is 13.0. The van der Waals surface area contributed by atoms with Crippen molar-refractivity contribution >= 4 is 5.97 Å². The Bertz CT molecular complexity index is 1760. The van der Waals surface area contributed by atoms with Crippen LogP contribution in [0.15, 0.2) is 11.6 Å². The zero-order valence-corrected chi connectivity index (χ0v) is 38.7. The number of ether oxygens (including phenoxy) is 6. The van der Waals surface area contributed by atoms with Gasteiger partial charge in [-0.3, -0.25) is 0 Å².